The Morgan fingerprint density at radius 2 is 1.97 bits per heavy atom. The van der Waals surface area contributed by atoms with Crippen LogP contribution < -0.4 is 10.1 Å². The van der Waals surface area contributed by atoms with Crippen LogP contribution in [0.2, 0.25) is 0 Å². The lowest BCUT2D eigenvalue weighted by atomic mass is 10.1. The summed E-state index contributed by atoms with van der Waals surface area (Å²) in [7, 11) is 0. The van der Waals surface area contributed by atoms with E-state index in [0.29, 0.717) is 18.7 Å². The fourth-order valence-corrected chi connectivity index (χ4v) is 3.66. The van der Waals surface area contributed by atoms with Gasteiger partial charge in [-0.1, -0.05) is 36.8 Å². The Hall–Kier alpha value is -3.17. The molecule has 3 aromatic rings. The number of benzene rings is 2. The van der Waals surface area contributed by atoms with Crippen molar-refractivity contribution in [1.29, 1.82) is 5.26 Å². The third-order valence-corrected chi connectivity index (χ3v) is 5.23. The summed E-state index contributed by atoms with van der Waals surface area (Å²) >= 11 is 0. The average Bonchev–Trinajstić information content (AvgIpc) is 2.99. The van der Waals surface area contributed by atoms with Gasteiger partial charge in [-0.05, 0) is 36.6 Å². The topological polar surface area (TPSA) is 75.8 Å². The zero-order valence-electron chi connectivity index (χ0n) is 16.5. The van der Waals surface area contributed by atoms with Crippen LogP contribution in [-0.4, -0.2) is 14.8 Å². The van der Waals surface area contributed by atoms with Gasteiger partial charge >= 0.3 is 0 Å². The molecule has 0 spiro atoms. The van der Waals surface area contributed by atoms with Gasteiger partial charge in [0.05, 0.1) is 18.2 Å². The fourth-order valence-electron chi connectivity index (χ4n) is 3.66. The van der Waals surface area contributed by atoms with Crippen LogP contribution in [0.4, 0.5) is 0 Å². The van der Waals surface area contributed by atoms with Crippen LogP contribution in [0.15, 0.2) is 48.5 Å². The summed E-state index contributed by atoms with van der Waals surface area (Å²) in [5.74, 6) is 2.93. The highest BCUT2D eigenvalue weighted by Gasteiger charge is 2.14. The first-order valence-electron chi connectivity index (χ1n) is 10.1. The van der Waals surface area contributed by atoms with Crippen LogP contribution in [0, 0.1) is 11.3 Å². The van der Waals surface area contributed by atoms with E-state index in [1.54, 1.807) is 0 Å². The molecule has 0 aliphatic carbocycles. The van der Waals surface area contributed by atoms with Gasteiger partial charge in [-0.2, -0.15) is 5.26 Å². The molecule has 1 aromatic heterocycles. The number of aryl methyl sites for hydroxylation is 1. The predicted octanol–water partition coefficient (Wildman–Crippen LogP) is 3.74. The number of nitrogens with zero attached hydrogens (tertiary/aromatic N) is 4. The number of nitriles is 1. The van der Waals surface area contributed by atoms with E-state index in [4.69, 9.17) is 4.74 Å². The molecule has 6 nitrogen and oxygen atoms in total. The van der Waals surface area contributed by atoms with E-state index in [1.807, 2.05) is 42.5 Å². The molecule has 29 heavy (non-hydrogen) atoms. The Kier molecular flexibility index (Phi) is 6.18. The Labute approximate surface area is 171 Å². The third-order valence-electron chi connectivity index (χ3n) is 5.23. The lowest BCUT2D eigenvalue weighted by Crippen LogP contribution is -2.17. The van der Waals surface area contributed by atoms with Crippen molar-refractivity contribution in [1.82, 2.24) is 20.1 Å². The van der Waals surface area contributed by atoms with Gasteiger partial charge in [-0.15, -0.1) is 10.2 Å². The third kappa shape index (κ3) is 4.82. The molecule has 0 unspecified atom stereocenters. The van der Waals surface area contributed by atoms with E-state index in [2.05, 4.69) is 32.2 Å². The first kappa shape index (κ1) is 19.2. The maximum Gasteiger partial charge on any atom is 0.147 e. The minimum atomic E-state index is 0.381. The number of hydrogen-bond donors (Lipinski definition) is 1. The monoisotopic (exact) mass is 387 g/mol. The quantitative estimate of drug-likeness (QED) is 0.668. The van der Waals surface area contributed by atoms with Crippen molar-refractivity contribution in [2.45, 2.75) is 51.9 Å². The van der Waals surface area contributed by atoms with Gasteiger partial charge in [0.1, 0.15) is 24.0 Å². The molecule has 0 bridgehead atoms. The van der Waals surface area contributed by atoms with Gasteiger partial charge in [-0.25, -0.2) is 0 Å². The van der Waals surface area contributed by atoms with Gasteiger partial charge in [-0.3, -0.25) is 0 Å². The second kappa shape index (κ2) is 9.35. The maximum atomic E-state index is 9.20. The van der Waals surface area contributed by atoms with E-state index in [1.165, 1.54) is 19.3 Å². The van der Waals surface area contributed by atoms with Crippen molar-refractivity contribution >= 4 is 0 Å². The number of nitrogens with one attached hydrogen (secondary N) is 1. The van der Waals surface area contributed by atoms with E-state index in [9.17, 15) is 5.26 Å². The van der Waals surface area contributed by atoms with Gasteiger partial charge in [0, 0.05) is 25.1 Å². The molecule has 4 rings (SSSR count). The zero-order chi connectivity index (χ0) is 19.9. The molecule has 0 fully saturated rings. The van der Waals surface area contributed by atoms with E-state index in [-0.39, 0.29) is 0 Å². The summed E-state index contributed by atoms with van der Waals surface area (Å²) in [5.41, 5.74) is 2.69. The van der Waals surface area contributed by atoms with E-state index in [0.717, 1.165) is 48.0 Å². The summed E-state index contributed by atoms with van der Waals surface area (Å²) in [5, 5.41) is 21.4. The molecule has 0 saturated carbocycles. The highest BCUT2D eigenvalue weighted by Crippen LogP contribution is 2.17. The van der Waals surface area contributed by atoms with Crippen LogP contribution in [0.5, 0.6) is 5.75 Å². The number of rotatable bonds is 7. The molecule has 1 aliphatic heterocycles. The minimum Gasteiger partial charge on any atom is -0.489 e. The summed E-state index contributed by atoms with van der Waals surface area (Å²) in [6.45, 7) is 2.83. The molecule has 1 N–H and O–H groups in total. The SMILES string of the molecule is N#Cc1ccccc1COc1cccc(CNCc2nnc3n2CCCCC3)c1. The zero-order valence-corrected chi connectivity index (χ0v) is 16.5. The standard InChI is InChI=1S/C23H25N5O/c24-14-19-8-3-4-9-20(19)17-29-21-10-6-7-18(13-21)15-25-16-23-27-26-22-11-2-1-5-12-28(22)23/h3-4,6-10,13,25H,1-2,5,11-12,15-17H2. The highest BCUT2D eigenvalue weighted by molar-refractivity contribution is 5.37. The van der Waals surface area contributed by atoms with Gasteiger partial charge in [0.15, 0.2) is 0 Å². The molecule has 0 radical (unpaired) electrons. The highest BCUT2D eigenvalue weighted by atomic mass is 16.5. The average molecular weight is 387 g/mol. The second-order valence-electron chi connectivity index (χ2n) is 7.30. The van der Waals surface area contributed by atoms with Crippen LogP contribution in [-0.2, 0) is 32.7 Å². The van der Waals surface area contributed by atoms with Crippen molar-refractivity contribution in [3.05, 3.63) is 76.9 Å². The Morgan fingerprint density at radius 1 is 1.03 bits per heavy atom. The van der Waals surface area contributed by atoms with Crippen LogP contribution in [0.25, 0.3) is 0 Å². The Morgan fingerprint density at radius 3 is 2.90 bits per heavy atom. The van der Waals surface area contributed by atoms with Gasteiger partial charge < -0.3 is 14.6 Å². The summed E-state index contributed by atoms with van der Waals surface area (Å²) < 4.78 is 8.18. The summed E-state index contributed by atoms with van der Waals surface area (Å²) in [6.07, 6.45) is 4.70. The first-order valence-corrected chi connectivity index (χ1v) is 10.1. The number of hydrogen-bond acceptors (Lipinski definition) is 5. The summed E-state index contributed by atoms with van der Waals surface area (Å²) in [6, 6.07) is 17.8. The number of aromatic nitrogens is 3. The van der Waals surface area contributed by atoms with E-state index >= 15 is 0 Å². The van der Waals surface area contributed by atoms with Crippen molar-refractivity contribution in [2.75, 3.05) is 0 Å². The molecule has 6 heteroatoms. The number of fused-ring (bicyclic) bond motifs is 1. The molecule has 1 aliphatic rings. The Bertz CT molecular complexity index is 1000. The maximum absolute atomic E-state index is 9.20. The smallest absolute Gasteiger partial charge is 0.147 e. The van der Waals surface area contributed by atoms with Crippen molar-refractivity contribution in [2.24, 2.45) is 0 Å². The van der Waals surface area contributed by atoms with Gasteiger partial charge in [0.2, 0.25) is 0 Å². The molecular formula is C23H25N5O. The lowest BCUT2D eigenvalue weighted by molar-refractivity contribution is 0.305. The largest absolute Gasteiger partial charge is 0.489 e. The first-order chi connectivity index (χ1) is 14.3. The molecular weight excluding hydrogens is 362 g/mol. The molecule has 0 atom stereocenters. The molecule has 0 amide bonds. The normalized spacial score (nSPS) is 13.3. The van der Waals surface area contributed by atoms with Gasteiger partial charge in [0.25, 0.3) is 0 Å². The lowest BCUT2D eigenvalue weighted by Gasteiger charge is -2.10. The second-order valence-corrected chi connectivity index (χ2v) is 7.30. The number of ether oxygens (including phenoxy) is 1. The molecule has 0 saturated heterocycles. The van der Waals surface area contributed by atoms with Crippen LogP contribution in [0.1, 0.15) is 47.6 Å². The Balaban J connectivity index is 1.33. The van der Waals surface area contributed by atoms with Crippen molar-refractivity contribution < 1.29 is 4.74 Å². The van der Waals surface area contributed by atoms with Crippen molar-refractivity contribution in [3.8, 4) is 11.8 Å². The van der Waals surface area contributed by atoms with Crippen LogP contribution in [0.3, 0.4) is 0 Å². The summed E-state index contributed by atoms with van der Waals surface area (Å²) in [4.78, 5) is 0. The fraction of sp³-hybridized carbons (Fsp3) is 0.348. The minimum absolute atomic E-state index is 0.381. The molecule has 148 valence electrons. The predicted molar refractivity (Wildman–Crippen MR) is 110 cm³/mol. The molecule has 2 aromatic carbocycles. The van der Waals surface area contributed by atoms with Crippen LogP contribution >= 0.6 is 0 Å². The molecule has 2 heterocycles. The van der Waals surface area contributed by atoms with Crippen molar-refractivity contribution in [3.63, 3.8) is 0 Å². The van der Waals surface area contributed by atoms with E-state index < -0.39 is 0 Å².